The quantitative estimate of drug-likeness (QED) is 0.895. The molecule has 0 radical (unpaired) electrons. The summed E-state index contributed by atoms with van der Waals surface area (Å²) in [6, 6.07) is 6.17. The molecule has 1 aliphatic rings. The summed E-state index contributed by atoms with van der Waals surface area (Å²) in [6.45, 7) is 8.64. The second kappa shape index (κ2) is 7.21. The second-order valence-electron chi connectivity index (χ2n) is 7.33. The van der Waals surface area contributed by atoms with Crippen molar-refractivity contribution >= 4 is 15.9 Å². The molecule has 0 saturated carbocycles. The zero-order valence-electron chi connectivity index (χ0n) is 14.9. The molecular weight excluding hydrogens is 326 g/mol. The first-order valence-corrected chi connectivity index (χ1v) is 9.69. The van der Waals surface area contributed by atoms with Gasteiger partial charge in [0.1, 0.15) is 0 Å². The fraction of sp³-hybridized carbons (Fsp3) is 0.588. The molecule has 1 N–H and O–H groups in total. The van der Waals surface area contributed by atoms with Gasteiger partial charge in [-0.05, 0) is 65.0 Å². The molecule has 134 valence electrons. The van der Waals surface area contributed by atoms with Gasteiger partial charge in [0.25, 0.3) is 5.91 Å². The molecule has 0 spiro atoms. The van der Waals surface area contributed by atoms with E-state index in [0.29, 0.717) is 12.1 Å². The van der Waals surface area contributed by atoms with E-state index in [9.17, 15) is 13.2 Å². The van der Waals surface area contributed by atoms with E-state index in [2.05, 4.69) is 16.7 Å². The number of benzene rings is 1. The van der Waals surface area contributed by atoms with Crippen LogP contribution < -0.4 is 4.72 Å². The lowest BCUT2D eigenvalue weighted by molar-refractivity contribution is 0.0762. The Hall–Kier alpha value is -1.44. The van der Waals surface area contributed by atoms with Crippen molar-refractivity contribution in [3.05, 3.63) is 29.8 Å². The average Bonchev–Trinajstić information content (AvgIpc) is 2.69. The maximum atomic E-state index is 12.6. The Morgan fingerprint density at radius 3 is 2.25 bits per heavy atom. The van der Waals surface area contributed by atoms with E-state index in [1.807, 2.05) is 4.90 Å². The number of likely N-dealkylation sites (N-methyl/N-ethyl adjacent to an activating group) is 1. The molecule has 1 fully saturated rings. The number of carbonyl (C=O) groups is 1. The molecule has 0 unspecified atom stereocenters. The van der Waals surface area contributed by atoms with Crippen LogP contribution in [0, 0.1) is 0 Å². The van der Waals surface area contributed by atoms with Crippen molar-refractivity contribution in [3.8, 4) is 0 Å². The summed E-state index contributed by atoms with van der Waals surface area (Å²) in [5.74, 6) is -0.0435. The zero-order valence-corrected chi connectivity index (χ0v) is 15.7. The number of carbonyl (C=O) groups excluding carboxylic acids is 1. The van der Waals surface area contributed by atoms with E-state index in [4.69, 9.17) is 0 Å². The third-order valence-electron chi connectivity index (χ3n) is 3.86. The normalized spacial score (nSPS) is 17.6. The first kappa shape index (κ1) is 18.9. The van der Waals surface area contributed by atoms with Crippen molar-refractivity contribution in [1.29, 1.82) is 0 Å². The predicted octanol–water partition coefficient (Wildman–Crippen LogP) is 1.54. The van der Waals surface area contributed by atoms with E-state index in [1.54, 1.807) is 32.9 Å². The fourth-order valence-corrected chi connectivity index (χ4v) is 4.09. The molecule has 1 aromatic carbocycles. The maximum absolute atomic E-state index is 12.6. The Bertz CT molecular complexity index is 678. The Labute approximate surface area is 144 Å². The van der Waals surface area contributed by atoms with Crippen molar-refractivity contribution in [1.82, 2.24) is 14.5 Å². The van der Waals surface area contributed by atoms with E-state index in [-0.39, 0.29) is 10.8 Å². The third kappa shape index (κ3) is 5.03. The van der Waals surface area contributed by atoms with E-state index >= 15 is 0 Å². The highest BCUT2D eigenvalue weighted by molar-refractivity contribution is 7.89. The summed E-state index contributed by atoms with van der Waals surface area (Å²) >= 11 is 0. The number of nitrogens with one attached hydrogen (secondary N) is 1. The molecule has 0 bridgehead atoms. The Morgan fingerprint density at radius 1 is 1.04 bits per heavy atom. The van der Waals surface area contributed by atoms with Gasteiger partial charge in [0.2, 0.25) is 10.0 Å². The zero-order chi connectivity index (χ0) is 18.0. The number of hydrogen-bond acceptors (Lipinski definition) is 4. The molecule has 1 aromatic rings. The van der Waals surface area contributed by atoms with Gasteiger partial charge in [-0.25, -0.2) is 13.1 Å². The van der Waals surface area contributed by atoms with Gasteiger partial charge >= 0.3 is 0 Å². The number of amides is 1. The molecule has 0 aromatic heterocycles. The van der Waals surface area contributed by atoms with Crippen LogP contribution in [0.15, 0.2) is 29.2 Å². The largest absolute Gasteiger partial charge is 0.337 e. The van der Waals surface area contributed by atoms with E-state index in [0.717, 1.165) is 26.1 Å². The van der Waals surface area contributed by atoms with Crippen LogP contribution in [0.1, 0.15) is 37.6 Å². The lowest BCUT2D eigenvalue weighted by Gasteiger charge is -2.21. The minimum Gasteiger partial charge on any atom is -0.337 e. The Morgan fingerprint density at radius 2 is 1.67 bits per heavy atom. The highest BCUT2D eigenvalue weighted by atomic mass is 32.2. The van der Waals surface area contributed by atoms with Crippen molar-refractivity contribution < 1.29 is 13.2 Å². The van der Waals surface area contributed by atoms with Crippen molar-refractivity contribution in [2.45, 2.75) is 37.6 Å². The second-order valence-corrected chi connectivity index (χ2v) is 9.01. The van der Waals surface area contributed by atoms with Crippen molar-refractivity contribution in [2.24, 2.45) is 0 Å². The lowest BCUT2D eigenvalue weighted by Crippen LogP contribution is -2.40. The molecule has 0 atom stereocenters. The van der Waals surface area contributed by atoms with Crippen LogP contribution in [0.4, 0.5) is 0 Å². The van der Waals surface area contributed by atoms with Gasteiger partial charge in [0.15, 0.2) is 0 Å². The predicted molar refractivity (Wildman–Crippen MR) is 94.5 cm³/mol. The summed E-state index contributed by atoms with van der Waals surface area (Å²) in [5, 5.41) is 0. The molecule has 7 heteroatoms. The SMILES string of the molecule is CN1CCCN(C(=O)c2ccc(S(=O)(=O)NC(C)(C)C)cc2)CC1. The molecule has 24 heavy (non-hydrogen) atoms. The van der Waals surface area contributed by atoms with Gasteiger partial charge in [-0.2, -0.15) is 0 Å². The number of nitrogens with zero attached hydrogens (tertiary/aromatic N) is 2. The van der Waals surface area contributed by atoms with Crippen LogP contribution in [0.3, 0.4) is 0 Å². The molecule has 0 aliphatic carbocycles. The van der Waals surface area contributed by atoms with Gasteiger partial charge in [-0.3, -0.25) is 4.79 Å². The van der Waals surface area contributed by atoms with Crippen LogP contribution >= 0.6 is 0 Å². The molecule has 1 heterocycles. The summed E-state index contributed by atoms with van der Waals surface area (Å²) in [5.41, 5.74) is -0.0277. The number of rotatable bonds is 3. The summed E-state index contributed by atoms with van der Waals surface area (Å²) in [4.78, 5) is 16.8. The maximum Gasteiger partial charge on any atom is 0.253 e. The first-order valence-electron chi connectivity index (χ1n) is 8.20. The van der Waals surface area contributed by atoms with Crippen LogP contribution in [0.2, 0.25) is 0 Å². The van der Waals surface area contributed by atoms with Crippen LogP contribution in [-0.2, 0) is 10.0 Å². The van der Waals surface area contributed by atoms with Gasteiger partial charge in [-0.15, -0.1) is 0 Å². The smallest absolute Gasteiger partial charge is 0.253 e. The monoisotopic (exact) mass is 353 g/mol. The van der Waals surface area contributed by atoms with Crippen LogP contribution in [0.25, 0.3) is 0 Å². The molecule has 1 aliphatic heterocycles. The first-order chi connectivity index (χ1) is 11.1. The molecular formula is C17H27N3O3S. The summed E-state index contributed by atoms with van der Waals surface area (Å²) in [6.07, 6.45) is 0.949. The minimum absolute atomic E-state index is 0.0435. The molecule has 1 saturated heterocycles. The fourth-order valence-electron chi connectivity index (χ4n) is 2.67. The van der Waals surface area contributed by atoms with E-state index < -0.39 is 15.6 Å². The number of sulfonamides is 1. The molecule has 2 rings (SSSR count). The Balaban J connectivity index is 2.13. The number of hydrogen-bond donors (Lipinski definition) is 1. The summed E-state index contributed by atoms with van der Waals surface area (Å²) in [7, 11) is -1.53. The van der Waals surface area contributed by atoms with Gasteiger partial charge in [0, 0.05) is 30.7 Å². The molecule has 1 amide bonds. The third-order valence-corrected chi connectivity index (χ3v) is 5.63. The standard InChI is InChI=1S/C17H27N3O3S/c1-17(2,3)18-24(22,23)15-8-6-14(7-9-15)16(21)20-11-5-10-19(4)12-13-20/h6-9,18H,5,10-13H2,1-4H3. The highest BCUT2D eigenvalue weighted by Crippen LogP contribution is 2.15. The minimum atomic E-state index is -3.58. The van der Waals surface area contributed by atoms with Gasteiger partial charge in [0.05, 0.1) is 4.90 Å². The highest BCUT2D eigenvalue weighted by Gasteiger charge is 2.23. The summed E-state index contributed by atoms with van der Waals surface area (Å²) < 4.78 is 27.2. The van der Waals surface area contributed by atoms with Crippen LogP contribution in [0.5, 0.6) is 0 Å². The van der Waals surface area contributed by atoms with E-state index in [1.165, 1.54) is 12.1 Å². The van der Waals surface area contributed by atoms with Gasteiger partial charge < -0.3 is 9.80 Å². The van der Waals surface area contributed by atoms with Crippen molar-refractivity contribution in [2.75, 3.05) is 33.2 Å². The Kier molecular flexibility index (Phi) is 5.67. The van der Waals surface area contributed by atoms with Gasteiger partial charge in [-0.1, -0.05) is 0 Å². The van der Waals surface area contributed by atoms with Crippen LogP contribution in [-0.4, -0.2) is 62.9 Å². The van der Waals surface area contributed by atoms with Crippen molar-refractivity contribution in [3.63, 3.8) is 0 Å². The average molecular weight is 353 g/mol. The lowest BCUT2D eigenvalue weighted by atomic mass is 10.1. The topological polar surface area (TPSA) is 69.7 Å². The molecule has 6 nitrogen and oxygen atoms in total.